The van der Waals surface area contributed by atoms with E-state index in [9.17, 15) is 18.0 Å². The quantitative estimate of drug-likeness (QED) is 0.843. The average molecular weight is 339 g/mol. The van der Waals surface area contributed by atoms with Gasteiger partial charge in [-0.3, -0.25) is 4.79 Å². The number of hydrogen-bond donors (Lipinski definition) is 1. The molecule has 0 heterocycles. The summed E-state index contributed by atoms with van der Waals surface area (Å²) in [5, 5.41) is 2.77. The number of benzene rings is 1. The van der Waals surface area contributed by atoms with Gasteiger partial charge in [-0.25, -0.2) is 13.2 Å². The molecule has 1 N–H and O–H groups in total. The van der Waals surface area contributed by atoms with Crippen LogP contribution in [0.5, 0.6) is 0 Å². The third-order valence-electron chi connectivity index (χ3n) is 4.16. The molecule has 23 heavy (non-hydrogen) atoms. The van der Waals surface area contributed by atoms with Gasteiger partial charge in [0.1, 0.15) is 5.54 Å². The molecule has 0 aromatic heterocycles. The van der Waals surface area contributed by atoms with E-state index >= 15 is 0 Å². The van der Waals surface area contributed by atoms with Crippen LogP contribution in [0.3, 0.4) is 0 Å². The summed E-state index contributed by atoms with van der Waals surface area (Å²) >= 11 is 0. The van der Waals surface area contributed by atoms with E-state index in [0.29, 0.717) is 12.8 Å². The molecule has 0 atom stereocenters. The van der Waals surface area contributed by atoms with Crippen molar-refractivity contribution in [2.45, 2.75) is 42.5 Å². The summed E-state index contributed by atoms with van der Waals surface area (Å²) in [7, 11) is -2.10. The molecule has 1 aliphatic carbocycles. The number of hydrogen-bond acceptors (Lipinski definition) is 5. The standard InChI is InChI=1S/C16H21NO5S/c1-22-15(19)16(9-4-3-5-10-16)17-14(18)12-7-6-8-13(11-12)23(2,20)21/h6-8,11H,3-5,9-10H2,1-2H3,(H,17,18). The summed E-state index contributed by atoms with van der Waals surface area (Å²) in [5.74, 6) is -0.924. The number of carbonyl (C=O) groups is 2. The minimum Gasteiger partial charge on any atom is -0.467 e. The molecule has 1 saturated carbocycles. The molecule has 7 heteroatoms. The molecule has 0 unspecified atom stereocenters. The van der Waals surface area contributed by atoms with Gasteiger partial charge in [0.15, 0.2) is 9.84 Å². The summed E-state index contributed by atoms with van der Waals surface area (Å²) < 4.78 is 28.1. The maximum absolute atomic E-state index is 12.5. The Labute approximate surface area is 136 Å². The molecule has 1 fully saturated rings. The number of amides is 1. The smallest absolute Gasteiger partial charge is 0.331 e. The SMILES string of the molecule is COC(=O)C1(NC(=O)c2cccc(S(C)(=O)=O)c2)CCCCC1. The molecule has 0 spiro atoms. The second kappa shape index (κ2) is 6.70. The molecular formula is C16H21NO5S. The van der Waals surface area contributed by atoms with Crippen molar-refractivity contribution in [2.75, 3.05) is 13.4 Å². The van der Waals surface area contributed by atoms with Crippen LogP contribution >= 0.6 is 0 Å². The lowest BCUT2D eigenvalue weighted by Gasteiger charge is -2.35. The Hall–Kier alpha value is -1.89. The van der Waals surface area contributed by atoms with Crippen molar-refractivity contribution in [1.82, 2.24) is 5.32 Å². The van der Waals surface area contributed by atoms with E-state index in [1.165, 1.54) is 31.4 Å². The maximum Gasteiger partial charge on any atom is 0.331 e. The van der Waals surface area contributed by atoms with Crippen molar-refractivity contribution in [3.05, 3.63) is 29.8 Å². The van der Waals surface area contributed by atoms with E-state index in [1.54, 1.807) is 0 Å². The fourth-order valence-corrected chi connectivity index (χ4v) is 3.56. The van der Waals surface area contributed by atoms with Crippen LogP contribution in [0, 0.1) is 0 Å². The van der Waals surface area contributed by atoms with Gasteiger partial charge in [-0.2, -0.15) is 0 Å². The van der Waals surface area contributed by atoms with Gasteiger partial charge in [-0.05, 0) is 31.0 Å². The molecule has 0 aliphatic heterocycles. The van der Waals surface area contributed by atoms with E-state index in [4.69, 9.17) is 4.74 Å². The van der Waals surface area contributed by atoms with Gasteiger partial charge in [0.25, 0.3) is 5.91 Å². The summed E-state index contributed by atoms with van der Waals surface area (Å²) in [5.41, 5.74) is -0.813. The van der Waals surface area contributed by atoms with Crippen LogP contribution in [-0.2, 0) is 19.4 Å². The number of carbonyl (C=O) groups excluding carboxylic acids is 2. The lowest BCUT2D eigenvalue weighted by atomic mass is 9.81. The summed E-state index contributed by atoms with van der Waals surface area (Å²) in [6.45, 7) is 0. The predicted octanol–water partition coefficient (Wildman–Crippen LogP) is 1.70. The zero-order chi connectivity index (χ0) is 17.1. The first-order chi connectivity index (χ1) is 10.8. The lowest BCUT2D eigenvalue weighted by molar-refractivity contribution is -0.149. The highest BCUT2D eigenvalue weighted by atomic mass is 32.2. The molecule has 0 saturated heterocycles. The van der Waals surface area contributed by atoms with Gasteiger partial charge in [-0.15, -0.1) is 0 Å². The molecule has 126 valence electrons. The fourth-order valence-electron chi connectivity index (χ4n) is 2.89. The van der Waals surface area contributed by atoms with Gasteiger partial charge in [0, 0.05) is 11.8 Å². The van der Waals surface area contributed by atoms with Gasteiger partial charge < -0.3 is 10.1 Å². The first-order valence-electron chi connectivity index (χ1n) is 7.49. The lowest BCUT2D eigenvalue weighted by Crippen LogP contribution is -2.56. The number of nitrogens with one attached hydrogen (secondary N) is 1. The molecular weight excluding hydrogens is 318 g/mol. The van der Waals surface area contributed by atoms with Crippen LogP contribution < -0.4 is 5.32 Å². The summed E-state index contributed by atoms with van der Waals surface area (Å²) in [6, 6.07) is 5.79. The van der Waals surface area contributed by atoms with Crippen LogP contribution in [0.25, 0.3) is 0 Å². The zero-order valence-electron chi connectivity index (χ0n) is 13.3. The van der Waals surface area contributed by atoms with Gasteiger partial charge >= 0.3 is 5.97 Å². The molecule has 0 bridgehead atoms. The summed E-state index contributed by atoms with van der Waals surface area (Å²) in [6.07, 6.45) is 4.81. The second-order valence-corrected chi connectivity index (χ2v) is 7.90. The monoisotopic (exact) mass is 339 g/mol. The van der Waals surface area contributed by atoms with Gasteiger partial charge in [0.05, 0.1) is 12.0 Å². The Morgan fingerprint density at radius 2 is 1.83 bits per heavy atom. The number of methoxy groups -OCH3 is 1. The minimum absolute atomic E-state index is 0.0703. The highest BCUT2D eigenvalue weighted by Gasteiger charge is 2.42. The van der Waals surface area contributed by atoms with Crippen molar-refractivity contribution in [1.29, 1.82) is 0 Å². The third kappa shape index (κ3) is 3.90. The van der Waals surface area contributed by atoms with Crippen molar-refractivity contribution in [3.63, 3.8) is 0 Å². The van der Waals surface area contributed by atoms with Crippen molar-refractivity contribution in [3.8, 4) is 0 Å². The summed E-state index contributed by atoms with van der Waals surface area (Å²) in [4.78, 5) is 24.7. The Kier molecular flexibility index (Phi) is 5.09. The topological polar surface area (TPSA) is 89.5 Å². The number of sulfone groups is 1. The van der Waals surface area contributed by atoms with Gasteiger partial charge in [-0.1, -0.05) is 25.3 Å². The largest absolute Gasteiger partial charge is 0.467 e. The van der Waals surface area contributed by atoms with Crippen molar-refractivity contribution in [2.24, 2.45) is 0 Å². The van der Waals surface area contributed by atoms with E-state index in [-0.39, 0.29) is 10.5 Å². The third-order valence-corrected chi connectivity index (χ3v) is 5.27. The molecule has 1 aromatic carbocycles. The number of rotatable bonds is 4. The van der Waals surface area contributed by atoms with Gasteiger partial charge in [0.2, 0.25) is 0 Å². The van der Waals surface area contributed by atoms with E-state index in [2.05, 4.69) is 5.32 Å². The molecule has 1 amide bonds. The fraction of sp³-hybridized carbons (Fsp3) is 0.500. The van der Waals surface area contributed by atoms with E-state index < -0.39 is 27.3 Å². The number of ether oxygens (including phenoxy) is 1. The normalized spacial score (nSPS) is 17.3. The highest BCUT2D eigenvalue weighted by Crippen LogP contribution is 2.29. The molecule has 1 aromatic rings. The van der Waals surface area contributed by atoms with E-state index in [0.717, 1.165) is 25.5 Å². The Morgan fingerprint density at radius 1 is 1.17 bits per heavy atom. The zero-order valence-corrected chi connectivity index (χ0v) is 14.1. The Bertz CT molecular complexity index is 705. The van der Waals surface area contributed by atoms with Crippen molar-refractivity contribution < 1.29 is 22.7 Å². The van der Waals surface area contributed by atoms with Crippen LogP contribution in [0.2, 0.25) is 0 Å². The van der Waals surface area contributed by atoms with Crippen LogP contribution in [0.4, 0.5) is 0 Å². The first kappa shape index (κ1) is 17.5. The molecule has 0 radical (unpaired) electrons. The second-order valence-electron chi connectivity index (χ2n) is 5.89. The minimum atomic E-state index is -3.40. The first-order valence-corrected chi connectivity index (χ1v) is 9.39. The maximum atomic E-state index is 12.5. The van der Waals surface area contributed by atoms with E-state index in [1.807, 2.05) is 0 Å². The van der Waals surface area contributed by atoms with Crippen molar-refractivity contribution >= 4 is 21.7 Å². The Balaban J connectivity index is 2.27. The van der Waals surface area contributed by atoms with Crippen LogP contribution in [0.15, 0.2) is 29.2 Å². The highest BCUT2D eigenvalue weighted by molar-refractivity contribution is 7.90. The Morgan fingerprint density at radius 3 is 2.39 bits per heavy atom. The molecule has 2 rings (SSSR count). The number of esters is 1. The molecule has 1 aliphatic rings. The average Bonchev–Trinajstić information content (AvgIpc) is 2.54. The molecule has 6 nitrogen and oxygen atoms in total. The van der Waals surface area contributed by atoms with Crippen LogP contribution in [-0.4, -0.2) is 39.2 Å². The van der Waals surface area contributed by atoms with Crippen LogP contribution in [0.1, 0.15) is 42.5 Å². The predicted molar refractivity (Wildman–Crippen MR) is 84.9 cm³/mol.